The highest BCUT2D eigenvalue weighted by Gasteiger charge is 2.25. The molecule has 8 heterocycles. The van der Waals surface area contributed by atoms with E-state index in [9.17, 15) is 0 Å². The van der Waals surface area contributed by atoms with Gasteiger partial charge in [0.1, 0.15) is 0 Å². The third kappa shape index (κ3) is 14.6. The molecule has 0 atom stereocenters. The van der Waals surface area contributed by atoms with Gasteiger partial charge in [0.15, 0.2) is 0 Å². The number of imidazole rings is 8. The number of halogens is 4. The number of nitrogen functional groups attached to an aromatic ring is 1. The Bertz CT molecular complexity index is 7780. The first-order valence-electron chi connectivity index (χ1n) is 41.3. The number of anilines is 5. The molecule has 0 radical (unpaired) electrons. The van der Waals surface area contributed by atoms with Crippen molar-refractivity contribution in [3.8, 4) is 33.9 Å². The molecule has 0 amide bonds. The van der Waals surface area contributed by atoms with Crippen LogP contribution in [0.1, 0.15) is 38.8 Å². The van der Waals surface area contributed by atoms with Gasteiger partial charge < -0.3 is 16.4 Å². The maximum Gasteiger partial charge on any atom is 0.220 e. The zero-order valence-electron chi connectivity index (χ0n) is 68.0. The van der Waals surface area contributed by atoms with Gasteiger partial charge in [0, 0.05) is 38.6 Å². The van der Waals surface area contributed by atoms with Crippen LogP contribution < -0.4 is 16.4 Å². The Morgan fingerprint density at radius 2 is 0.573 bits per heavy atom. The molecule has 0 spiro atoms. The number of benzene rings is 16. The molecule has 0 unspecified atom stereocenters. The average Bonchev–Trinajstić information content (AvgIpc) is 1.56. The first-order valence-corrected chi connectivity index (χ1v) is 43.2. The summed E-state index contributed by atoms with van der Waals surface area (Å²) in [6, 6.07) is 130. The van der Waals surface area contributed by atoms with Gasteiger partial charge in [-0.05, 0) is 229 Å². The second kappa shape index (κ2) is 34.5. The van der Waals surface area contributed by atoms with Gasteiger partial charge in [-0.1, -0.05) is 260 Å². The van der Waals surface area contributed by atoms with E-state index in [4.69, 9.17) is 60.5 Å². The van der Waals surface area contributed by atoms with Gasteiger partial charge in [0.05, 0.1) is 120 Å². The van der Waals surface area contributed by atoms with Crippen molar-refractivity contribution < 1.29 is 0 Å². The number of hydrogen-bond donors (Lipinski definition) is 3. The second-order valence-electron chi connectivity index (χ2n) is 29.2. The summed E-state index contributed by atoms with van der Waals surface area (Å²) in [6.45, 7) is 8.00. The standard InChI is InChI=1S/C26H17N3.2C25H17ClN4.C19H12BrN3.C6H6ClN.2C2H6/c1-2-9-19(10-3-1)28-23-12-6-7-13-24(23)29-25-16-21-18(15-22(25)27-26(28)29)14-17-8-4-5-11-20(17)21;2*26-19-10-4-5-11-20(19)27-17-14-15-22-21(16-17)28-25-29(18-8-2-1-3-9-18)23-12-6-7-13-24(23)30(22)25;20-13-10-11-16-15(12-13)21-19-22(14-6-2-1-3-7-14)17-8-4-5-9-18(17)23(16)19;7-5-3-1-2-4-6(5)8;2*1-2/h1-13,15-16H,14H2;2*1-16,27H;1-12H;1-4H,8H2;2*1-2H3. The number of nitrogens with two attached hydrogens (primary N) is 1. The minimum atomic E-state index is 0.618. The molecule has 16 aromatic carbocycles. The fourth-order valence-corrected chi connectivity index (χ4v) is 17.5. The zero-order valence-corrected chi connectivity index (χ0v) is 71.9. The van der Waals surface area contributed by atoms with Gasteiger partial charge in [-0.2, -0.15) is 0 Å². The fraction of sp³-hybridized carbons (Fsp3) is 0.0476. The molecule has 604 valence electrons. The molecule has 1 aliphatic rings. The van der Waals surface area contributed by atoms with E-state index in [-0.39, 0.29) is 0 Å². The highest BCUT2D eigenvalue weighted by Crippen LogP contribution is 2.42. The van der Waals surface area contributed by atoms with E-state index >= 15 is 0 Å². The van der Waals surface area contributed by atoms with E-state index in [1.165, 1.54) is 38.8 Å². The summed E-state index contributed by atoms with van der Waals surface area (Å²) in [6.07, 6.45) is 0.989. The summed E-state index contributed by atoms with van der Waals surface area (Å²) in [5.74, 6) is 3.69. The lowest BCUT2D eigenvalue weighted by Crippen LogP contribution is -1.94. The minimum absolute atomic E-state index is 0.618. The number of nitrogens with one attached hydrogen (secondary N) is 2. The molecule has 124 heavy (non-hydrogen) atoms. The average molecular weight is 1740 g/mol. The van der Waals surface area contributed by atoms with Crippen LogP contribution in [0.25, 0.3) is 145 Å². The monoisotopic (exact) mass is 1740 g/mol. The number of rotatable bonds is 8. The molecule has 1 aliphatic carbocycles. The SMILES string of the molecule is Brc1ccc2c(c1)nc1n(-c3ccccc3)c3ccccc3n21.CC.CC.Clc1ccccc1Nc1ccc2c(c1)nc1n(-c3ccccc3)c3ccccc3n21.Clc1ccccc1Nc1ccc2c(c1)nc1n(-c3ccccc3)c3ccccc3n21.Nc1ccccc1Cl.c1ccc(-n2c3ccccc3n3c4cc5c(cc4nc23)Cc2ccccc2-5)cc1. The van der Waals surface area contributed by atoms with Gasteiger partial charge >= 0.3 is 0 Å². The highest BCUT2D eigenvalue weighted by atomic mass is 79.9. The first-order chi connectivity index (χ1) is 61.1. The van der Waals surface area contributed by atoms with Gasteiger partial charge in [-0.25, -0.2) is 19.9 Å². The van der Waals surface area contributed by atoms with Crippen LogP contribution >= 0.6 is 50.7 Å². The molecular weight excluding hydrogens is 1660 g/mol. The zero-order chi connectivity index (χ0) is 84.5. The van der Waals surface area contributed by atoms with Gasteiger partial charge in [-0.15, -0.1) is 0 Å². The largest absolute Gasteiger partial charge is 0.398 e. The Labute approximate surface area is 738 Å². The maximum atomic E-state index is 6.31. The molecule has 4 N–H and O–H groups in total. The lowest BCUT2D eigenvalue weighted by atomic mass is 10.1. The van der Waals surface area contributed by atoms with Crippen molar-refractivity contribution in [2.45, 2.75) is 34.1 Å². The molecule has 0 saturated heterocycles. The molecule has 25 rings (SSSR count). The smallest absolute Gasteiger partial charge is 0.220 e. The number of fused-ring (bicyclic) bond motifs is 23. The third-order valence-corrected chi connectivity index (χ3v) is 23.4. The lowest BCUT2D eigenvalue weighted by molar-refractivity contribution is 1.11. The molecule has 15 nitrogen and oxygen atoms in total. The van der Waals surface area contributed by atoms with Crippen molar-refractivity contribution in [1.29, 1.82) is 0 Å². The van der Waals surface area contributed by atoms with E-state index in [0.717, 1.165) is 151 Å². The quantitative estimate of drug-likeness (QED) is 0.129. The fourth-order valence-electron chi connectivity index (χ4n) is 16.6. The molecule has 0 bridgehead atoms. The Kier molecular flexibility index (Phi) is 22.0. The van der Waals surface area contributed by atoms with Crippen molar-refractivity contribution in [1.82, 2.24) is 55.8 Å². The summed E-state index contributed by atoms with van der Waals surface area (Å²) in [7, 11) is 0. The molecule has 0 aliphatic heterocycles. The topological polar surface area (TPSA) is 139 Å². The van der Waals surface area contributed by atoms with Crippen LogP contribution in [-0.4, -0.2) is 55.8 Å². The van der Waals surface area contributed by atoms with E-state index in [0.29, 0.717) is 20.8 Å². The van der Waals surface area contributed by atoms with Crippen molar-refractivity contribution in [2.75, 3.05) is 16.4 Å². The predicted octanol–water partition coefficient (Wildman–Crippen LogP) is 28.8. The van der Waals surface area contributed by atoms with Crippen LogP contribution in [0.2, 0.25) is 15.1 Å². The summed E-state index contributed by atoms with van der Waals surface area (Å²) in [5, 5.41) is 8.79. The number of aromatic nitrogens is 12. The Morgan fingerprint density at radius 1 is 0.266 bits per heavy atom. The highest BCUT2D eigenvalue weighted by molar-refractivity contribution is 9.10. The minimum Gasteiger partial charge on any atom is -0.398 e. The second-order valence-corrected chi connectivity index (χ2v) is 31.4. The van der Waals surface area contributed by atoms with Crippen molar-refractivity contribution in [2.24, 2.45) is 0 Å². The lowest BCUT2D eigenvalue weighted by Gasteiger charge is -2.08. The Morgan fingerprint density at radius 3 is 0.944 bits per heavy atom. The van der Waals surface area contributed by atoms with Crippen LogP contribution in [0.4, 0.5) is 28.4 Å². The molecule has 0 saturated carbocycles. The number of para-hydroxylation sites is 15. The van der Waals surface area contributed by atoms with Crippen LogP contribution in [0.15, 0.2) is 387 Å². The van der Waals surface area contributed by atoms with E-state index < -0.39 is 0 Å². The van der Waals surface area contributed by atoms with Gasteiger partial charge in [-0.3, -0.25) is 35.9 Å². The normalized spacial score (nSPS) is 11.4. The molecule has 19 heteroatoms. The molecule has 24 aromatic rings. The van der Waals surface area contributed by atoms with E-state index in [2.05, 4.69) is 354 Å². The third-order valence-electron chi connectivity index (χ3n) is 21.9. The van der Waals surface area contributed by atoms with Gasteiger partial charge in [0.2, 0.25) is 23.1 Å². The molecule has 8 aromatic heterocycles. The van der Waals surface area contributed by atoms with Crippen LogP contribution in [0, 0.1) is 0 Å². The van der Waals surface area contributed by atoms with Crippen LogP contribution in [0.5, 0.6) is 0 Å². The number of nitrogens with zero attached hydrogens (tertiary/aromatic N) is 12. The summed E-state index contributed by atoms with van der Waals surface area (Å²) < 4.78 is 18.9. The van der Waals surface area contributed by atoms with E-state index in [1.807, 2.05) is 107 Å². The molecular formula is C105H81BrCl3N15. The summed E-state index contributed by atoms with van der Waals surface area (Å²) >= 11 is 21.7. The summed E-state index contributed by atoms with van der Waals surface area (Å²) in [4.78, 5) is 20.0. The van der Waals surface area contributed by atoms with Crippen molar-refractivity contribution >= 4 is 191 Å². The van der Waals surface area contributed by atoms with Crippen molar-refractivity contribution in [3.63, 3.8) is 0 Å². The van der Waals surface area contributed by atoms with Crippen LogP contribution in [0.3, 0.4) is 0 Å². The Balaban J connectivity index is 0.000000104. The molecule has 0 fully saturated rings. The Hall–Kier alpha value is -14.7. The van der Waals surface area contributed by atoms with Crippen molar-refractivity contribution in [3.05, 3.63) is 413 Å². The first kappa shape index (κ1) is 79.2. The van der Waals surface area contributed by atoms with E-state index in [1.54, 1.807) is 12.1 Å². The predicted molar refractivity (Wildman–Crippen MR) is 522 cm³/mol. The van der Waals surface area contributed by atoms with Crippen LogP contribution in [-0.2, 0) is 6.42 Å². The van der Waals surface area contributed by atoms with Gasteiger partial charge in [0.25, 0.3) is 0 Å². The maximum absolute atomic E-state index is 6.31. The number of hydrogen-bond acceptors (Lipinski definition) is 7. The summed E-state index contributed by atoms with van der Waals surface area (Å²) in [5.41, 5.74) is 37.1.